The highest BCUT2D eigenvalue weighted by atomic mass is 127. The molecule has 0 heterocycles. The topological polar surface area (TPSA) is 58.0 Å². The minimum atomic E-state index is -0.256. The number of methoxy groups -OCH3 is 1. The number of hydrogen-bond donors (Lipinski definition) is 0. The third kappa shape index (κ3) is 4.63. The van der Waals surface area contributed by atoms with E-state index in [-0.39, 0.29) is 33.6 Å². The molecule has 6 heteroatoms. The van der Waals surface area contributed by atoms with E-state index in [1.54, 1.807) is 13.2 Å². The van der Waals surface area contributed by atoms with E-state index in [1.165, 1.54) is 7.14 Å². The zero-order chi connectivity index (χ0) is 12.8. The van der Waals surface area contributed by atoms with Crippen LogP contribution in [0.25, 0.3) is 10.4 Å². The Kier molecular flexibility index (Phi) is 6.49. The molecule has 0 bridgehead atoms. The molecule has 2 rings (SSSR count). The number of hydrogen-bond acceptors (Lipinski definition) is 2. The third-order valence-corrected chi connectivity index (χ3v) is 4.87. The van der Waals surface area contributed by atoms with Crippen molar-refractivity contribution in [2.45, 2.75) is 0 Å². The Labute approximate surface area is 128 Å². The second kappa shape index (κ2) is 7.89. The van der Waals surface area contributed by atoms with Gasteiger partial charge in [-0.3, -0.25) is 0 Å². The van der Waals surface area contributed by atoms with Crippen molar-refractivity contribution in [2.75, 3.05) is 7.11 Å². The molecule has 2 aromatic carbocycles. The van der Waals surface area contributed by atoms with Crippen LogP contribution in [0.4, 0.5) is 5.69 Å². The summed E-state index contributed by atoms with van der Waals surface area (Å²) < 4.78 is 7.65. The number of benzene rings is 2. The van der Waals surface area contributed by atoms with Gasteiger partial charge in [-0.1, -0.05) is 17.2 Å². The lowest BCUT2D eigenvalue weighted by Gasteiger charge is -1.96. The van der Waals surface area contributed by atoms with Crippen LogP contribution in [0.3, 0.4) is 0 Å². The van der Waals surface area contributed by atoms with Gasteiger partial charge >= 0.3 is 21.2 Å². The minimum Gasteiger partial charge on any atom is -1.00 e. The lowest BCUT2D eigenvalue weighted by molar-refractivity contribution is -0.597. The van der Waals surface area contributed by atoms with Crippen LogP contribution in [0.2, 0.25) is 0 Å². The second-order valence-corrected chi connectivity index (χ2v) is 6.45. The standard InChI is InChI=1S/C13H11IN3O.ClH/c1-18-13-7-5-10(6-8-13)14-11-3-2-4-12(9-11)16-17-15;/h2-9H,1H3;1H/q+1;/p-1. The van der Waals surface area contributed by atoms with Crippen molar-refractivity contribution in [3.8, 4) is 5.75 Å². The highest BCUT2D eigenvalue weighted by molar-refractivity contribution is 5.35. The summed E-state index contributed by atoms with van der Waals surface area (Å²) in [6.07, 6.45) is 0. The average Bonchev–Trinajstić information content (AvgIpc) is 2.40. The smallest absolute Gasteiger partial charge is 0.357 e. The highest BCUT2D eigenvalue weighted by Gasteiger charge is 2.15. The predicted molar refractivity (Wildman–Crippen MR) is 65.6 cm³/mol. The van der Waals surface area contributed by atoms with Gasteiger partial charge < -0.3 is 17.1 Å². The van der Waals surface area contributed by atoms with E-state index in [2.05, 4.69) is 28.2 Å². The minimum absolute atomic E-state index is 0. The molecule has 0 N–H and O–H groups in total. The first-order valence-corrected chi connectivity index (χ1v) is 7.41. The molecule has 0 aliphatic rings. The SMILES string of the molecule is COc1ccc([I+]c2cccc(N=[N+]=[N-])c2)cc1.[Cl-]. The van der Waals surface area contributed by atoms with E-state index >= 15 is 0 Å². The maximum atomic E-state index is 8.41. The predicted octanol–water partition coefficient (Wildman–Crippen LogP) is -2.23. The van der Waals surface area contributed by atoms with Crippen LogP contribution in [0.5, 0.6) is 5.75 Å². The van der Waals surface area contributed by atoms with Gasteiger partial charge in [0.05, 0.1) is 7.11 Å². The quantitative estimate of drug-likeness (QED) is 0.254. The molecule has 0 radical (unpaired) electrons. The fraction of sp³-hybridized carbons (Fsp3) is 0.0769. The molecule has 0 saturated heterocycles. The van der Waals surface area contributed by atoms with Gasteiger partial charge in [0.15, 0.2) is 7.14 Å². The van der Waals surface area contributed by atoms with Crippen molar-refractivity contribution >= 4 is 5.69 Å². The molecule has 0 atom stereocenters. The molecule has 0 aliphatic carbocycles. The van der Waals surface area contributed by atoms with E-state index in [9.17, 15) is 0 Å². The Hall–Kier alpha value is -1.43. The molecular formula is C13H11ClIN3O. The molecule has 0 unspecified atom stereocenters. The van der Waals surface area contributed by atoms with Crippen LogP contribution in [0, 0.1) is 7.14 Å². The largest absolute Gasteiger partial charge is 1.00 e. The fourth-order valence-corrected chi connectivity index (χ4v) is 3.71. The fourth-order valence-electron chi connectivity index (χ4n) is 1.41. The Morgan fingerprint density at radius 3 is 2.47 bits per heavy atom. The monoisotopic (exact) mass is 387 g/mol. The van der Waals surface area contributed by atoms with Gasteiger partial charge in [-0.05, 0) is 35.9 Å². The van der Waals surface area contributed by atoms with Crippen LogP contribution in [-0.2, 0) is 0 Å². The average molecular weight is 388 g/mol. The Morgan fingerprint density at radius 2 is 1.84 bits per heavy atom. The summed E-state index contributed by atoms with van der Waals surface area (Å²) in [4.78, 5) is 2.80. The second-order valence-electron chi connectivity index (χ2n) is 3.42. The van der Waals surface area contributed by atoms with Crippen molar-refractivity contribution in [2.24, 2.45) is 5.11 Å². The molecule has 98 valence electrons. The van der Waals surface area contributed by atoms with Crippen LogP contribution >= 0.6 is 0 Å². The number of halogens is 2. The highest BCUT2D eigenvalue weighted by Crippen LogP contribution is 2.09. The van der Waals surface area contributed by atoms with Crippen LogP contribution < -0.4 is 38.3 Å². The maximum absolute atomic E-state index is 8.41. The Bertz CT molecular complexity index is 583. The molecule has 0 amide bonds. The summed E-state index contributed by atoms with van der Waals surface area (Å²) in [5.41, 5.74) is 9.08. The van der Waals surface area contributed by atoms with Gasteiger partial charge in [0.1, 0.15) is 5.75 Å². The molecule has 0 spiro atoms. The lowest BCUT2D eigenvalue weighted by Crippen LogP contribution is -3.61. The third-order valence-electron chi connectivity index (χ3n) is 2.24. The first-order chi connectivity index (χ1) is 8.81. The number of nitrogens with zero attached hydrogens (tertiary/aromatic N) is 3. The summed E-state index contributed by atoms with van der Waals surface area (Å²) in [7, 11) is 1.66. The van der Waals surface area contributed by atoms with Gasteiger partial charge in [0.2, 0.25) is 0 Å². The van der Waals surface area contributed by atoms with Crippen LogP contribution in [0.1, 0.15) is 0 Å². The molecule has 4 nitrogen and oxygen atoms in total. The van der Waals surface area contributed by atoms with Gasteiger partial charge in [0.25, 0.3) is 0 Å². The van der Waals surface area contributed by atoms with Crippen molar-refractivity contribution < 1.29 is 38.3 Å². The first-order valence-electron chi connectivity index (χ1n) is 5.26. The first kappa shape index (κ1) is 15.6. The normalized spacial score (nSPS) is 9.11. The molecular weight excluding hydrogens is 377 g/mol. The van der Waals surface area contributed by atoms with Gasteiger partial charge in [0, 0.05) is 16.7 Å². The van der Waals surface area contributed by atoms with Gasteiger partial charge in [-0.15, -0.1) is 0 Å². The molecule has 0 aromatic heterocycles. The summed E-state index contributed by atoms with van der Waals surface area (Å²) in [6.45, 7) is 0. The van der Waals surface area contributed by atoms with Crippen LogP contribution in [0.15, 0.2) is 53.6 Å². The molecule has 2 aromatic rings. The zero-order valence-electron chi connectivity index (χ0n) is 10.1. The number of azide groups is 1. The summed E-state index contributed by atoms with van der Waals surface area (Å²) in [6, 6.07) is 15.8. The number of rotatable bonds is 4. The van der Waals surface area contributed by atoms with Gasteiger partial charge in [-0.25, -0.2) is 0 Å². The van der Waals surface area contributed by atoms with Crippen molar-refractivity contribution in [3.05, 3.63) is 66.1 Å². The molecule has 0 aliphatic heterocycles. The molecule has 19 heavy (non-hydrogen) atoms. The molecule has 0 fully saturated rings. The van der Waals surface area contributed by atoms with E-state index in [4.69, 9.17) is 10.3 Å². The van der Waals surface area contributed by atoms with Crippen molar-refractivity contribution in [1.82, 2.24) is 0 Å². The van der Waals surface area contributed by atoms with E-state index in [0.29, 0.717) is 5.69 Å². The van der Waals surface area contributed by atoms with Crippen LogP contribution in [-0.4, -0.2) is 7.11 Å². The maximum Gasteiger partial charge on any atom is 0.357 e. The zero-order valence-corrected chi connectivity index (χ0v) is 13.0. The van der Waals surface area contributed by atoms with E-state index < -0.39 is 0 Å². The van der Waals surface area contributed by atoms with Crippen molar-refractivity contribution in [3.63, 3.8) is 0 Å². The van der Waals surface area contributed by atoms with E-state index in [1.807, 2.05) is 24.3 Å². The van der Waals surface area contributed by atoms with Gasteiger partial charge in [-0.2, -0.15) is 0 Å². The molecule has 0 saturated carbocycles. The van der Waals surface area contributed by atoms with Crippen molar-refractivity contribution in [1.29, 1.82) is 0 Å². The lowest BCUT2D eigenvalue weighted by atomic mass is 10.3. The Morgan fingerprint density at radius 1 is 1.11 bits per heavy atom. The Balaban J connectivity index is 0.00000180. The summed E-state index contributed by atoms with van der Waals surface area (Å²) >= 11 is -0.256. The summed E-state index contributed by atoms with van der Waals surface area (Å²) in [5, 5.41) is 3.61. The number of ether oxygens (including phenoxy) is 1. The summed E-state index contributed by atoms with van der Waals surface area (Å²) in [5.74, 6) is 0.866. The van der Waals surface area contributed by atoms with E-state index in [0.717, 1.165) is 5.75 Å².